The fourth-order valence-electron chi connectivity index (χ4n) is 2.65. The van der Waals surface area contributed by atoms with Crippen LogP contribution in [-0.2, 0) is 16.6 Å². The van der Waals surface area contributed by atoms with Gasteiger partial charge < -0.3 is 4.57 Å². The maximum absolute atomic E-state index is 12.6. The number of sulfonamides is 1. The maximum Gasteiger partial charge on any atom is 0.250 e. The first-order valence-electron chi connectivity index (χ1n) is 7.42. The fourth-order valence-corrected chi connectivity index (χ4v) is 4.31. The molecule has 0 aliphatic carbocycles. The zero-order valence-electron chi connectivity index (χ0n) is 12.5. The summed E-state index contributed by atoms with van der Waals surface area (Å²) < 4.78 is 28.1. The van der Waals surface area contributed by atoms with Crippen molar-refractivity contribution in [3.63, 3.8) is 0 Å². The molecule has 23 heavy (non-hydrogen) atoms. The Labute approximate surface area is 140 Å². The minimum Gasteiger partial charge on any atom is -0.310 e. The smallest absolute Gasteiger partial charge is 0.250 e. The standard InChI is InChI=1S/C16H17ClN2O3S/c17-14-5-3-13(4-6-14)11-18-12-15(7-8-16(18)20)23(21,22)19-9-1-2-10-19/h3-8,12H,1-2,9-11H2. The van der Waals surface area contributed by atoms with Crippen molar-refractivity contribution in [3.8, 4) is 0 Å². The van der Waals surface area contributed by atoms with Crippen LogP contribution in [0, 0.1) is 0 Å². The van der Waals surface area contributed by atoms with Crippen LogP contribution < -0.4 is 5.56 Å². The Kier molecular flexibility index (Phi) is 4.57. The van der Waals surface area contributed by atoms with E-state index in [0.29, 0.717) is 24.7 Å². The minimum atomic E-state index is -3.52. The van der Waals surface area contributed by atoms with Crippen molar-refractivity contribution in [1.82, 2.24) is 8.87 Å². The summed E-state index contributed by atoms with van der Waals surface area (Å²) in [6, 6.07) is 9.81. The zero-order valence-corrected chi connectivity index (χ0v) is 14.1. The molecule has 5 nitrogen and oxygen atoms in total. The fraction of sp³-hybridized carbons (Fsp3) is 0.312. The molecule has 3 rings (SSSR count). The van der Waals surface area contributed by atoms with Crippen LogP contribution in [-0.4, -0.2) is 30.4 Å². The van der Waals surface area contributed by atoms with E-state index in [2.05, 4.69) is 0 Å². The topological polar surface area (TPSA) is 59.4 Å². The average Bonchev–Trinajstić information content (AvgIpc) is 3.06. The first-order chi connectivity index (χ1) is 11.0. The largest absolute Gasteiger partial charge is 0.310 e. The van der Waals surface area contributed by atoms with Gasteiger partial charge in [0.15, 0.2) is 0 Å². The number of hydrogen-bond donors (Lipinski definition) is 0. The summed E-state index contributed by atoms with van der Waals surface area (Å²) in [4.78, 5) is 12.2. The molecule has 1 aromatic carbocycles. The third-order valence-corrected chi connectivity index (χ3v) is 6.06. The van der Waals surface area contributed by atoms with E-state index in [-0.39, 0.29) is 10.5 Å². The maximum atomic E-state index is 12.6. The number of halogens is 1. The van der Waals surface area contributed by atoms with Gasteiger partial charge in [0.05, 0.1) is 11.4 Å². The minimum absolute atomic E-state index is 0.160. The predicted octanol–water partition coefficient (Wildman–Crippen LogP) is 2.33. The summed E-state index contributed by atoms with van der Waals surface area (Å²) in [5, 5.41) is 0.617. The molecule has 0 spiro atoms. The van der Waals surface area contributed by atoms with Crippen molar-refractivity contribution in [2.75, 3.05) is 13.1 Å². The Bertz CT molecular complexity index is 854. The molecule has 0 amide bonds. The SMILES string of the molecule is O=c1ccc(S(=O)(=O)N2CCCC2)cn1Cc1ccc(Cl)cc1. The van der Waals surface area contributed by atoms with E-state index in [1.165, 1.54) is 27.2 Å². The van der Waals surface area contributed by atoms with Gasteiger partial charge in [-0.3, -0.25) is 4.79 Å². The van der Waals surface area contributed by atoms with Crippen LogP contribution in [0.4, 0.5) is 0 Å². The molecular weight excluding hydrogens is 336 g/mol. The van der Waals surface area contributed by atoms with Crippen LogP contribution >= 0.6 is 11.6 Å². The van der Waals surface area contributed by atoms with Crippen molar-refractivity contribution in [2.45, 2.75) is 24.3 Å². The van der Waals surface area contributed by atoms with Crippen molar-refractivity contribution < 1.29 is 8.42 Å². The van der Waals surface area contributed by atoms with Gasteiger partial charge in [-0.2, -0.15) is 4.31 Å². The van der Waals surface area contributed by atoms with Crippen molar-refractivity contribution in [2.24, 2.45) is 0 Å². The molecule has 1 aliphatic heterocycles. The van der Waals surface area contributed by atoms with Gasteiger partial charge in [0.1, 0.15) is 0 Å². The molecule has 0 unspecified atom stereocenters. The summed E-state index contributed by atoms with van der Waals surface area (Å²) in [6.45, 7) is 1.39. The molecule has 0 radical (unpaired) electrons. The Hall–Kier alpha value is -1.63. The molecule has 1 saturated heterocycles. The Morgan fingerprint density at radius 3 is 2.30 bits per heavy atom. The van der Waals surface area contributed by atoms with Gasteiger partial charge in [-0.25, -0.2) is 8.42 Å². The second-order valence-electron chi connectivity index (χ2n) is 5.57. The van der Waals surface area contributed by atoms with Crippen LogP contribution in [0.25, 0.3) is 0 Å². The third kappa shape index (κ3) is 3.49. The summed E-state index contributed by atoms with van der Waals surface area (Å²) in [7, 11) is -3.52. The van der Waals surface area contributed by atoms with E-state index in [9.17, 15) is 13.2 Å². The van der Waals surface area contributed by atoms with Crippen LogP contribution in [0.1, 0.15) is 18.4 Å². The second kappa shape index (κ2) is 6.47. The highest BCUT2D eigenvalue weighted by Gasteiger charge is 2.27. The molecule has 0 saturated carbocycles. The first-order valence-corrected chi connectivity index (χ1v) is 9.24. The van der Waals surface area contributed by atoms with E-state index < -0.39 is 10.0 Å². The third-order valence-electron chi connectivity index (χ3n) is 3.93. The van der Waals surface area contributed by atoms with E-state index in [1.54, 1.807) is 12.1 Å². The van der Waals surface area contributed by atoms with Crippen LogP contribution in [0.5, 0.6) is 0 Å². The molecule has 2 aromatic rings. The van der Waals surface area contributed by atoms with Gasteiger partial charge in [0.2, 0.25) is 10.0 Å². The number of rotatable bonds is 4. The zero-order chi connectivity index (χ0) is 16.4. The lowest BCUT2D eigenvalue weighted by Crippen LogP contribution is -2.29. The lowest BCUT2D eigenvalue weighted by Gasteiger charge is -2.16. The molecular formula is C16H17ClN2O3S. The molecule has 2 heterocycles. The van der Waals surface area contributed by atoms with Gasteiger partial charge in [0, 0.05) is 30.4 Å². The van der Waals surface area contributed by atoms with E-state index >= 15 is 0 Å². The monoisotopic (exact) mass is 352 g/mol. The van der Waals surface area contributed by atoms with Gasteiger partial charge >= 0.3 is 0 Å². The van der Waals surface area contributed by atoms with Gasteiger partial charge in [0.25, 0.3) is 5.56 Å². The first kappa shape index (κ1) is 16.2. The van der Waals surface area contributed by atoms with Gasteiger partial charge in [-0.15, -0.1) is 0 Å². The normalized spacial score (nSPS) is 15.9. The van der Waals surface area contributed by atoms with E-state index in [4.69, 9.17) is 11.6 Å². The Morgan fingerprint density at radius 2 is 1.65 bits per heavy atom. The highest BCUT2D eigenvalue weighted by atomic mass is 35.5. The van der Waals surface area contributed by atoms with Gasteiger partial charge in [-0.05, 0) is 36.6 Å². The van der Waals surface area contributed by atoms with Gasteiger partial charge in [-0.1, -0.05) is 23.7 Å². The molecule has 0 atom stereocenters. The molecule has 1 fully saturated rings. The summed E-state index contributed by atoms with van der Waals surface area (Å²) in [6.07, 6.45) is 3.18. The number of benzene rings is 1. The molecule has 7 heteroatoms. The quantitative estimate of drug-likeness (QED) is 0.848. The highest BCUT2D eigenvalue weighted by molar-refractivity contribution is 7.89. The van der Waals surface area contributed by atoms with Crippen LogP contribution in [0.3, 0.4) is 0 Å². The molecule has 0 N–H and O–H groups in total. The van der Waals surface area contributed by atoms with Crippen LogP contribution in [0.2, 0.25) is 5.02 Å². The Balaban J connectivity index is 1.93. The van der Waals surface area contributed by atoms with Crippen LogP contribution in [0.15, 0.2) is 52.3 Å². The predicted molar refractivity (Wildman–Crippen MR) is 89.2 cm³/mol. The van der Waals surface area contributed by atoms with E-state index in [0.717, 1.165) is 18.4 Å². The number of nitrogens with zero attached hydrogens (tertiary/aromatic N) is 2. The molecule has 1 aliphatic rings. The lowest BCUT2D eigenvalue weighted by atomic mass is 10.2. The average molecular weight is 353 g/mol. The summed E-state index contributed by atoms with van der Waals surface area (Å²) >= 11 is 5.85. The lowest BCUT2D eigenvalue weighted by molar-refractivity contribution is 0.476. The number of hydrogen-bond acceptors (Lipinski definition) is 3. The number of aromatic nitrogens is 1. The van der Waals surface area contributed by atoms with E-state index in [1.807, 2.05) is 12.1 Å². The second-order valence-corrected chi connectivity index (χ2v) is 7.94. The summed E-state index contributed by atoms with van der Waals surface area (Å²) in [5.41, 5.74) is 0.646. The molecule has 122 valence electrons. The summed E-state index contributed by atoms with van der Waals surface area (Å²) in [5.74, 6) is 0. The molecule has 1 aromatic heterocycles. The van der Waals surface area contributed by atoms with Crippen molar-refractivity contribution >= 4 is 21.6 Å². The Morgan fingerprint density at radius 1 is 1.00 bits per heavy atom. The van der Waals surface area contributed by atoms with Crippen molar-refractivity contribution in [1.29, 1.82) is 0 Å². The number of pyridine rings is 1. The highest BCUT2D eigenvalue weighted by Crippen LogP contribution is 2.20. The van der Waals surface area contributed by atoms with Crippen molar-refractivity contribution in [3.05, 3.63) is 63.5 Å². The molecule has 0 bridgehead atoms.